The number of H-pyrrole nitrogens is 1. The first-order valence-electron chi connectivity index (χ1n) is 6.49. The van der Waals surface area contributed by atoms with Crippen molar-refractivity contribution in [2.24, 2.45) is 0 Å². The van der Waals surface area contributed by atoms with E-state index in [0.717, 1.165) is 10.9 Å². The van der Waals surface area contributed by atoms with Crippen LogP contribution in [0, 0.1) is 0 Å². The molecule has 0 aliphatic heterocycles. The number of carbonyl (C=O) groups is 1. The Morgan fingerprint density at radius 2 is 2.10 bits per heavy atom. The summed E-state index contributed by atoms with van der Waals surface area (Å²) in [7, 11) is 0. The van der Waals surface area contributed by atoms with Crippen molar-refractivity contribution < 1.29 is 9.53 Å². The molecule has 0 atom stereocenters. The van der Waals surface area contributed by atoms with Crippen molar-refractivity contribution >= 4 is 16.7 Å². The summed E-state index contributed by atoms with van der Waals surface area (Å²) in [6, 6.07) is 9.13. The monoisotopic (exact) mass is 266 g/mol. The van der Waals surface area contributed by atoms with Gasteiger partial charge in [-0.3, -0.25) is 9.78 Å². The maximum Gasteiger partial charge on any atom is 0.198 e. The number of aromatic nitrogens is 2. The SMILES string of the molecule is CCOc1ccccc1C(=O)c1c[nH]c2ccncc12. The summed E-state index contributed by atoms with van der Waals surface area (Å²) in [5.41, 5.74) is 2.08. The van der Waals surface area contributed by atoms with Gasteiger partial charge in [-0.25, -0.2) is 0 Å². The number of benzene rings is 1. The fraction of sp³-hybridized carbons (Fsp3) is 0.125. The molecule has 0 amide bonds. The second-order valence-electron chi connectivity index (χ2n) is 4.38. The maximum atomic E-state index is 12.7. The average Bonchev–Trinajstić information content (AvgIpc) is 2.91. The quantitative estimate of drug-likeness (QED) is 0.738. The van der Waals surface area contributed by atoms with Crippen molar-refractivity contribution in [1.82, 2.24) is 9.97 Å². The Morgan fingerprint density at radius 1 is 1.25 bits per heavy atom. The van der Waals surface area contributed by atoms with Gasteiger partial charge in [-0.2, -0.15) is 0 Å². The number of rotatable bonds is 4. The highest BCUT2D eigenvalue weighted by molar-refractivity contribution is 6.17. The standard InChI is InChI=1S/C16H14N2O2/c1-2-20-15-6-4-3-5-11(15)16(19)13-10-18-14-7-8-17-9-12(13)14/h3-10,18H,2H2,1H3. The van der Waals surface area contributed by atoms with Crippen LogP contribution in [0.3, 0.4) is 0 Å². The summed E-state index contributed by atoms with van der Waals surface area (Å²) in [5.74, 6) is 0.548. The second kappa shape index (κ2) is 5.17. The predicted octanol–water partition coefficient (Wildman–Crippen LogP) is 3.19. The molecule has 0 aliphatic carbocycles. The minimum absolute atomic E-state index is 0.0618. The van der Waals surface area contributed by atoms with Gasteiger partial charge in [0.05, 0.1) is 12.2 Å². The lowest BCUT2D eigenvalue weighted by Gasteiger charge is -2.08. The van der Waals surface area contributed by atoms with Crippen LogP contribution >= 0.6 is 0 Å². The van der Waals surface area contributed by atoms with Crippen LogP contribution in [0.15, 0.2) is 48.9 Å². The number of fused-ring (bicyclic) bond motifs is 1. The third-order valence-corrected chi connectivity index (χ3v) is 3.16. The molecule has 20 heavy (non-hydrogen) atoms. The summed E-state index contributed by atoms with van der Waals surface area (Å²) in [6.07, 6.45) is 5.11. The zero-order valence-corrected chi connectivity index (χ0v) is 11.1. The normalized spacial score (nSPS) is 10.7. The van der Waals surface area contributed by atoms with Crippen molar-refractivity contribution in [1.29, 1.82) is 0 Å². The van der Waals surface area contributed by atoms with Crippen LogP contribution in [0.25, 0.3) is 10.9 Å². The molecule has 2 aromatic heterocycles. The molecule has 4 heteroatoms. The topological polar surface area (TPSA) is 55.0 Å². The molecule has 1 N–H and O–H groups in total. The van der Waals surface area contributed by atoms with Crippen molar-refractivity contribution in [3.05, 3.63) is 60.0 Å². The Balaban J connectivity index is 2.09. The van der Waals surface area contributed by atoms with Crippen LogP contribution in [-0.2, 0) is 0 Å². The number of aromatic amines is 1. The molecule has 3 aromatic rings. The number of ketones is 1. The fourth-order valence-corrected chi connectivity index (χ4v) is 2.23. The molecule has 0 saturated carbocycles. The van der Waals surface area contributed by atoms with E-state index < -0.39 is 0 Å². The van der Waals surface area contributed by atoms with Crippen LogP contribution in [0.2, 0.25) is 0 Å². The van der Waals surface area contributed by atoms with Crippen molar-refractivity contribution in [2.45, 2.75) is 6.92 Å². The van der Waals surface area contributed by atoms with Crippen molar-refractivity contribution in [2.75, 3.05) is 6.61 Å². The first-order valence-corrected chi connectivity index (χ1v) is 6.49. The van der Waals surface area contributed by atoms with E-state index in [4.69, 9.17) is 4.74 Å². The van der Waals surface area contributed by atoms with E-state index in [1.54, 1.807) is 24.7 Å². The molecule has 0 unspecified atom stereocenters. The Bertz CT molecular complexity index is 762. The van der Waals surface area contributed by atoms with Crippen molar-refractivity contribution in [3.63, 3.8) is 0 Å². The summed E-state index contributed by atoms with van der Waals surface area (Å²) in [5, 5.41) is 0.823. The van der Waals surface area contributed by atoms with E-state index in [2.05, 4.69) is 9.97 Å². The van der Waals surface area contributed by atoms with Crippen LogP contribution in [0.4, 0.5) is 0 Å². The molecule has 2 heterocycles. The Hall–Kier alpha value is -2.62. The molecule has 3 rings (SSSR count). The lowest BCUT2D eigenvalue weighted by atomic mass is 10.0. The number of hydrogen-bond donors (Lipinski definition) is 1. The fourth-order valence-electron chi connectivity index (χ4n) is 2.23. The first-order chi connectivity index (χ1) is 9.81. The summed E-state index contributed by atoms with van der Waals surface area (Å²) in [4.78, 5) is 19.9. The zero-order valence-electron chi connectivity index (χ0n) is 11.1. The minimum atomic E-state index is -0.0618. The molecular formula is C16H14N2O2. The van der Waals surface area contributed by atoms with Gasteiger partial charge in [-0.15, -0.1) is 0 Å². The van der Waals surface area contributed by atoms with Gasteiger partial charge < -0.3 is 9.72 Å². The predicted molar refractivity (Wildman–Crippen MR) is 77.1 cm³/mol. The van der Waals surface area contributed by atoms with Gasteiger partial charge in [-0.05, 0) is 25.1 Å². The molecule has 0 radical (unpaired) electrons. The van der Waals surface area contributed by atoms with Crippen LogP contribution in [-0.4, -0.2) is 22.4 Å². The Morgan fingerprint density at radius 3 is 2.95 bits per heavy atom. The van der Waals surface area contributed by atoms with Gasteiger partial charge in [0.15, 0.2) is 5.78 Å². The number of nitrogens with zero attached hydrogens (tertiary/aromatic N) is 1. The number of pyridine rings is 1. The zero-order chi connectivity index (χ0) is 13.9. The molecule has 0 aliphatic rings. The highest BCUT2D eigenvalue weighted by Gasteiger charge is 2.17. The first kappa shape index (κ1) is 12.4. The number of para-hydroxylation sites is 1. The summed E-state index contributed by atoms with van der Waals surface area (Å²) in [6.45, 7) is 2.43. The van der Waals surface area contributed by atoms with E-state index in [9.17, 15) is 4.79 Å². The highest BCUT2D eigenvalue weighted by atomic mass is 16.5. The molecule has 0 spiro atoms. The van der Waals surface area contributed by atoms with Crippen LogP contribution in [0.5, 0.6) is 5.75 Å². The third-order valence-electron chi connectivity index (χ3n) is 3.16. The number of carbonyl (C=O) groups excluding carboxylic acids is 1. The maximum absolute atomic E-state index is 12.7. The Kier molecular flexibility index (Phi) is 3.21. The van der Waals surface area contributed by atoms with E-state index in [1.807, 2.05) is 31.2 Å². The van der Waals surface area contributed by atoms with E-state index >= 15 is 0 Å². The van der Waals surface area contributed by atoms with Gasteiger partial charge in [-0.1, -0.05) is 12.1 Å². The van der Waals surface area contributed by atoms with E-state index in [1.165, 1.54) is 0 Å². The smallest absolute Gasteiger partial charge is 0.198 e. The molecule has 0 bridgehead atoms. The number of ether oxygens (including phenoxy) is 1. The molecule has 0 fully saturated rings. The van der Waals surface area contributed by atoms with Crippen LogP contribution < -0.4 is 4.74 Å². The largest absolute Gasteiger partial charge is 0.493 e. The minimum Gasteiger partial charge on any atom is -0.493 e. The van der Waals surface area contributed by atoms with Gasteiger partial charge in [0.1, 0.15) is 5.75 Å². The Labute approximate surface area is 116 Å². The average molecular weight is 266 g/mol. The molecule has 0 saturated heterocycles. The molecule has 4 nitrogen and oxygen atoms in total. The van der Waals surface area contributed by atoms with Gasteiger partial charge in [0.25, 0.3) is 0 Å². The van der Waals surface area contributed by atoms with Crippen LogP contribution in [0.1, 0.15) is 22.8 Å². The van der Waals surface area contributed by atoms with Crippen molar-refractivity contribution in [3.8, 4) is 5.75 Å². The third kappa shape index (κ3) is 2.05. The van der Waals surface area contributed by atoms with E-state index in [-0.39, 0.29) is 5.78 Å². The van der Waals surface area contributed by atoms with Gasteiger partial charge in [0.2, 0.25) is 0 Å². The number of nitrogens with one attached hydrogen (secondary N) is 1. The highest BCUT2D eigenvalue weighted by Crippen LogP contribution is 2.25. The van der Waals surface area contributed by atoms with Gasteiger partial charge in [0, 0.05) is 35.1 Å². The molecule has 100 valence electrons. The van der Waals surface area contributed by atoms with Gasteiger partial charge >= 0.3 is 0 Å². The summed E-state index contributed by atoms with van der Waals surface area (Å²) >= 11 is 0. The number of hydrogen-bond acceptors (Lipinski definition) is 3. The molecule has 1 aromatic carbocycles. The second-order valence-corrected chi connectivity index (χ2v) is 4.38. The lowest BCUT2D eigenvalue weighted by Crippen LogP contribution is -2.04. The lowest BCUT2D eigenvalue weighted by molar-refractivity contribution is 0.103. The summed E-state index contributed by atoms with van der Waals surface area (Å²) < 4.78 is 5.52. The molecular weight excluding hydrogens is 252 g/mol. The van der Waals surface area contributed by atoms with E-state index in [0.29, 0.717) is 23.5 Å².